The molecular formula is C9H7IO2S. The maximum atomic E-state index is 11.0. The molecular weight excluding hydrogens is 299 g/mol. The van der Waals surface area contributed by atoms with Crippen LogP contribution >= 0.6 is 34.8 Å². The first-order valence-electron chi connectivity index (χ1n) is 3.53. The molecule has 0 radical (unpaired) electrons. The second-order valence-electron chi connectivity index (χ2n) is 2.34. The van der Waals surface area contributed by atoms with Crippen LogP contribution in [0, 0.1) is 0 Å². The third kappa shape index (κ3) is 2.73. The van der Waals surface area contributed by atoms with Gasteiger partial charge in [-0.15, -0.1) is 0 Å². The summed E-state index contributed by atoms with van der Waals surface area (Å²) in [5.74, 6) is -0.328. The third-order valence-electron chi connectivity index (χ3n) is 1.53. The van der Waals surface area contributed by atoms with Crippen molar-refractivity contribution in [1.29, 1.82) is 0 Å². The Labute approximate surface area is 95.4 Å². The van der Waals surface area contributed by atoms with E-state index in [0.29, 0.717) is 5.56 Å². The molecule has 68 valence electrons. The predicted molar refractivity (Wildman–Crippen MR) is 63.5 cm³/mol. The Bertz CT molecular complexity index is 332. The monoisotopic (exact) mass is 306 g/mol. The fourth-order valence-electron chi connectivity index (χ4n) is 0.855. The zero-order valence-electron chi connectivity index (χ0n) is 6.91. The molecule has 1 aromatic rings. The molecule has 0 fully saturated rings. The molecule has 0 N–H and O–H groups in total. The molecule has 1 rings (SSSR count). The number of rotatable bonds is 2. The van der Waals surface area contributed by atoms with Gasteiger partial charge >= 0.3 is 5.97 Å². The molecule has 13 heavy (non-hydrogen) atoms. The Morgan fingerprint density at radius 3 is 2.15 bits per heavy atom. The Morgan fingerprint density at radius 1 is 1.31 bits per heavy atom. The van der Waals surface area contributed by atoms with Crippen LogP contribution in [0.25, 0.3) is 0 Å². The highest BCUT2D eigenvalue weighted by molar-refractivity contribution is 14.1. The summed E-state index contributed by atoms with van der Waals surface area (Å²) in [6, 6.07) is 7.01. The van der Waals surface area contributed by atoms with Gasteiger partial charge in [0.05, 0.1) is 15.5 Å². The summed E-state index contributed by atoms with van der Waals surface area (Å²) in [5.41, 5.74) is 1.49. The zero-order valence-corrected chi connectivity index (χ0v) is 9.89. The average molecular weight is 306 g/mol. The molecule has 0 saturated carbocycles. The molecule has 0 heterocycles. The molecule has 0 bridgehead atoms. The quantitative estimate of drug-likeness (QED) is 0.364. The van der Waals surface area contributed by atoms with Gasteiger partial charge in [0, 0.05) is 0 Å². The van der Waals surface area contributed by atoms with Gasteiger partial charge in [-0.1, -0.05) is 24.4 Å². The molecule has 0 saturated heterocycles. The molecule has 2 nitrogen and oxygen atoms in total. The van der Waals surface area contributed by atoms with Crippen molar-refractivity contribution in [2.75, 3.05) is 7.11 Å². The predicted octanol–water partition coefficient (Wildman–Crippen LogP) is 2.58. The molecule has 0 aliphatic heterocycles. The summed E-state index contributed by atoms with van der Waals surface area (Å²) in [7, 11) is 1.36. The minimum Gasteiger partial charge on any atom is -0.465 e. The number of halogens is 1. The Balaban J connectivity index is 2.93. The second kappa shape index (κ2) is 4.66. The first-order chi connectivity index (χ1) is 6.15. The molecule has 0 unspecified atom stereocenters. The van der Waals surface area contributed by atoms with Crippen molar-refractivity contribution >= 4 is 43.6 Å². The Morgan fingerprint density at radius 2 is 1.77 bits per heavy atom. The minimum atomic E-state index is -0.328. The van der Waals surface area contributed by atoms with Crippen molar-refractivity contribution in [2.24, 2.45) is 0 Å². The number of thiocarbonyl (C=S) groups is 1. The molecule has 4 heteroatoms. The molecule has 0 aromatic heterocycles. The highest BCUT2D eigenvalue weighted by Gasteiger charge is 2.04. The number of carbonyl (C=O) groups is 1. The molecule has 0 atom stereocenters. The summed E-state index contributed by atoms with van der Waals surface area (Å²) in [6.07, 6.45) is 0. The fraction of sp³-hybridized carbons (Fsp3) is 0.111. The number of hydrogen-bond acceptors (Lipinski definition) is 3. The largest absolute Gasteiger partial charge is 0.465 e. The van der Waals surface area contributed by atoms with Crippen LogP contribution in [0.3, 0.4) is 0 Å². The van der Waals surface area contributed by atoms with Gasteiger partial charge in [0.25, 0.3) is 0 Å². The fourth-order valence-corrected chi connectivity index (χ4v) is 1.35. The molecule has 0 aliphatic carbocycles. The number of methoxy groups -OCH3 is 1. The van der Waals surface area contributed by atoms with E-state index in [-0.39, 0.29) is 5.97 Å². The average Bonchev–Trinajstić information content (AvgIpc) is 2.17. The number of benzene rings is 1. The number of carbonyl (C=O) groups excluding carboxylic acids is 1. The van der Waals surface area contributed by atoms with E-state index in [4.69, 9.17) is 12.2 Å². The van der Waals surface area contributed by atoms with Gasteiger partial charge in [-0.25, -0.2) is 4.79 Å². The first-order valence-corrected chi connectivity index (χ1v) is 5.02. The van der Waals surface area contributed by atoms with E-state index in [0.717, 1.165) is 8.43 Å². The minimum absolute atomic E-state index is 0.328. The van der Waals surface area contributed by atoms with Gasteiger partial charge in [-0.2, -0.15) is 0 Å². The zero-order chi connectivity index (χ0) is 9.84. The highest BCUT2D eigenvalue weighted by Crippen LogP contribution is 2.10. The second-order valence-corrected chi connectivity index (χ2v) is 4.56. The maximum absolute atomic E-state index is 11.0. The lowest BCUT2D eigenvalue weighted by molar-refractivity contribution is 0.0601. The Kier molecular flexibility index (Phi) is 3.80. The lowest BCUT2D eigenvalue weighted by atomic mass is 10.1. The van der Waals surface area contributed by atoms with Gasteiger partial charge in [-0.3, -0.25) is 0 Å². The van der Waals surface area contributed by atoms with E-state index in [1.165, 1.54) is 7.11 Å². The lowest BCUT2D eigenvalue weighted by Gasteiger charge is -1.99. The van der Waals surface area contributed by atoms with Crippen molar-refractivity contribution < 1.29 is 9.53 Å². The van der Waals surface area contributed by atoms with Crippen molar-refractivity contribution in [2.45, 2.75) is 0 Å². The normalized spacial score (nSPS) is 9.38. The van der Waals surface area contributed by atoms with Crippen molar-refractivity contribution in [3.8, 4) is 0 Å². The van der Waals surface area contributed by atoms with Gasteiger partial charge in [-0.05, 0) is 40.3 Å². The van der Waals surface area contributed by atoms with Gasteiger partial charge < -0.3 is 4.74 Å². The number of hydrogen-bond donors (Lipinski definition) is 0. The van der Waals surface area contributed by atoms with Crippen LogP contribution in [0.4, 0.5) is 0 Å². The summed E-state index contributed by atoms with van der Waals surface area (Å²) in [6.45, 7) is 0. The van der Waals surface area contributed by atoms with Crippen LogP contribution in [0.1, 0.15) is 15.9 Å². The summed E-state index contributed by atoms with van der Waals surface area (Å²) >= 11 is 7.03. The van der Waals surface area contributed by atoms with E-state index in [1.807, 2.05) is 0 Å². The third-order valence-corrected chi connectivity index (χ3v) is 2.39. The highest BCUT2D eigenvalue weighted by atomic mass is 127. The van der Waals surface area contributed by atoms with Gasteiger partial charge in [0.1, 0.15) is 0 Å². The van der Waals surface area contributed by atoms with E-state index in [9.17, 15) is 4.79 Å². The maximum Gasteiger partial charge on any atom is 0.337 e. The molecule has 0 aliphatic rings. The lowest BCUT2D eigenvalue weighted by Crippen LogP contribution is -2.01. The molecule has 1 aromatic carbocycles. The topological polar surface area (TPSA) is 26.3 Å². The van der Waals surface area contributed by atoms with Crippen LogP contribution in [0.5, 0.6) is 0 Å². The summed E-state index contributed by atoms with van der Waals surface area (Å²) in [5, 5.41) is 0. The van der Waals surface area contributed by atoms with Crippen molar-refractivity contribution in [1.82, 2.24) is 0 Å². The van der Waals surface area contributed by atoms with Crippen LogP contribution < -0.4 is 0 Å². The van der Waals surface area contributed by atoms with Crippen LogP contribution in [0.2, 0.25) is 0 Å². The van der Waals surface area contributed by atoms with Gasteiger partial charge in [0.2, 0.25) is 0 Å². The van der Waals surface area contributed by atoms with Gasteiger partial charge in [0.15, 0.2) is 0 Å². The van der Waals surface area contributed by atoms with Crippen LogP contribution in [-0.2, 0) is 4.74 Å². The summed E-state index contributed by atoms with van der Waals surface area (Å²) < 4.78 is 5.35. The van der Waals surface area contributed by atoms with Crippen LogP contribution in [0.15, 0.2) is 24.3 Å². The number of ether oxygens (including phenoxy) is 1. The Hall–Kier alpha value is -0.490. The van der Waals surface area contributed by atoms with Crippen molar-refractivity contribution in [3.05, 3.63) is 35.4 Å². The number of esters is 1. The van der Waals surface area contributed by atoms with Crippen LogP contribution in [-0.4, -0.2) is 16.0 Å². The van der Waals surface area contributed by atoms with E-state index >= 15 is 0 Å². The van der Waals surface area contributed by atoms with E-state index in [2.05, 4.69) is 27.3 Å². The smallest absolute Gasteiger partial charge is 0.337 e. The van der Waals surface area contributed by atoms with Crippen molar-refractivity contribution in [3.63, 3.8) is 0 Å². The van der Waals surface area contributed by atoms with E-state index in [1.54, 1.807) is 24.3 Å². The molecule has 0 spiro atoms. The summed E-state index contributed by atoms with van der Waals surface area (Å²) in [4.78, 5) is 11.0. The SMILES string of the molecule is COC(=O)c1ccc(C(=S)I)cc1. The molecule has 0 amide bonds. The standard InChI is InChI=1S/C9H7IO2S/c1-12-9(11)7-4-2-6(3-5-7)8(10)13/h2-5H,1H3. The van der Waals surface area contributed by atoms with E-state index < -0.39 is 0 Å². The first kappa shape index (κ1) is 10.6.